The molecule has 1 N–H and O–H groups in total. The Labute approximate surface area is 156 Å². The summed E-state index contributed by atoms with van der Waals surface area (Å²) < 4.78 is 35.1. The number of methoxy groups -OCH3 is 1. The molecule has 0 atom stereocenters. The van der Waals surface area contributed by atoms with E-state index in [0.717, 1.165) is 0 Å². The van der Waals surface area contributed by atoms with Crippen LogP contribution in [0.4, 0.5) is 5.69 Å². The molecule has 0 fully saturated rings. The summed E-state index contributed by atoms with van der Waals surface area (Å²) in [6.07, 6.45) is 0. The van der Waals surface area contributed by atoms with Gasteiger partial charge in [0.15, 0.2) is 5.82 Å². The van der Waals surface area contributed by atoms with E-state index in [0.29, 0.717) is 29.2 Å². The molecular weight excluding hydrogens is 368 g/mol. The van der Waals surface area contributed by atoms with Crippen molar-refractivity contribution in [2.75, 3.05) is 11.8 Å². The number of nitrogens with one attached hydrogen (secondary N) is 1. The number of sulfonamides is 1. The van der Waals surface area contributed by atoms with E-state index in [1.54, 1.807) is 16.8 Å². The molecular formula is C17H16N6O3S. The van der Waals surface area contributed by atoms with Gasteiger partial charge in [-0.05, 0) is 59.8 Å². The van der Waals surface area contributed by atoms with Crippen molar-refractivity contribution >= 4 is 15.7 Å². The number of rotatable bonds is 6. The molecule has 9 nitrogen and oxygen atoms in total. The van der Waals surface area contributed by atoms with Crippen molar-refractivity contribution in [2.45, 2.75) is 18.4 Å². The number of nitrogens with zero attached hydrogens (tertiary/aromatic N) is 5. The average Bonchev–Trinajstić information content (AvgIpc) is 3.16. The Morgan fingerprint density at radius 3 is 2.59 bits per heavy atom. The number of aryl methyl sites for hydroxylation is 1. The van der Waals surface area contributed by atoms with Gasteiger partial charge >= 0.3 is 0 Å². The van der Waals surface area contributed by atoms with Crippen LogP contribution in [0.3, 0.4) is 0 Å². The van der Waals surface area contributed by atoms with Gasteiger partial charge in [0.1, 0.15) is 10.6 Å². The first-order valence-electron chi connectivity index (χ1n) is 7.96. The highest BCUT2D eigenvalue weighted by Gasteiger charge is 2.22. The van der Waals surface area contributed by atoms with Gasteiger partial charge in [-0.1, -0.05) is 0 Å². The Morgan fingerprint density at radius 1 is 1.22 bits per heavy atom. The third-order valence-electron chi connectivity index (χ3n) is 3.81. The normalized spacial score (nSPS) is 11.0. The standard InChI is InChI=1S/C17H16N6O3S/c1-3-23-17(19-21-22-23)13-6-9-15(26-2)16(10-13)27(24,25)20-14-7-4-12(11-18)5-8-14/h4-10,20H,3H2,1-2H3. The summed E-state index contributed by atoms with van der Waals surface area (Å²) >= 11 is 0. The van der Waals surface area contributed by atoms with Gasteiger partial charge in [0.25, 0.3) is 10.0 Å². The number of ether oxygens (including phenoxy) is 1. The monoisotopic (exact) mass is 384 g/mol. The number of aromatic nitrogens is 4. The molecule has 0 amide bonds. The maximum absolute atomic E-state index is 12.9. The van der Waals surface area contributed by atoms with Crippen molar-refractivity contribution < 1.29 is 13.2 Å². The van der Waals surface area contributed by atoms with Crippen LogP contribution in [0.25, 0.3) is 11.4 Å². The largest absolute Gasteiger partial charge is 0.495 e. The van der Waals surface area contributed by atoms with Crippen LogP contribution in [0.15, 0.2) is 47.4 Å². The van der Waals surface area contributed by atoms with Gasteiger partial charge in [0.2, 0.25) is 0 Å². The molecule has 0 aliphatic carbocycles. The lowest BCUT2D eigenvalue weighted by Gasteiger charge is -2.13. The van der Waals surface area contributed by atoms with Crippen LogP contribution in [0.5, 0.6) is 5.75 Å². The van der Waals surface area contributed by atoms with E-state index in [4.69, 9.17) is 10.00 Å². The lowest BCUT2D eigenvalue weighted by atomic mass is 10.2. The van der Waals surface area contributed by atoms with Crippen molar-refractivity contribution in [1.82, 2.24) is 20.2 Å². The first-order chi connectivity index (χ1) is 13.0. The molecule has 1 aromatic heterocycles. The topological polar surface area (TPSA) is 123 Å². The fourth-order valence-electron chi connectivity index (χ4n) is 2.47. The highest BCUT2D eigenvalue weighted by Crippen LogP contribution is 2.30. The number of nitriles is 1. The molecule has 0 aliphatic heterocycles. The van der Waals surface area contributed by atoms with Crippen LogP contribution in [0.1, 0.15) is 12.5 Å². The van der Waals surface area contributed by atoms with Gasteiger partial charge in [0.05, 0.1) is 18.7 Å². The fourth-order valence-corrected chi connectivity index (χ4v) is 3.73. The van der Waals surface area contributed by atoms with Crippen molar-refractivity contribution in [1.29, 1.82) is 5.26 Å². The predicted molar refractivity (Wildman–Crippen MR) is 97.4 cm³/mol. The zero-order chi connectivity index (χ0) is 19.4. The number of anilines is 1. The van der Waals surface area contributed by atoms with E-state index in [1.165, 1.54) is 37.4 Å². The van der Waals surface area contributed by atoms with Gasteiger partial charge in [-0.3, -0.25) is 4.72 Å². The maximum atomic E-state index is 12.9. The fraction of sp³-hybridized carbons (Fsp3) is 0.176. The number of tetrazole rings is 1. The summed E-state index contributed by atoms with van der Waals surface area (Å²) in [6.45, 7) is 2.42. The lowest BCUT2D eigenvalue weighted by Crippen LogP contribution is -2.14. The van der Waals surface area contributed by atoms with Crippen LogP contribution >= 0.6 is 0 Å². The second-order valence-corrected chi connectivity index (χ2v) is 7.13. The summed E-state index contributed by atoms with van der Waals surface area (Å²) in [5, 5.41) is 20.3. The molecule has 0 unspecified atom stereocenters. The van der Waals surface area contributed by atoms with E-state index in [1.807, 2.05) is 13.0 Å². The first-order valence-corrected chi connectivity index (χ1v) is 9.44. The minimum Gasteiger partial charge on any atom is -0.495 e. The molecule has 3 aromatic rings. The minimum absolute atomic E-state index is 0.0440. The maximum Gasteiger partial charge on any atom is 0.265 e. The van der Waals surface area contributed by atoms with E-state index in [2.05, 4.69) is 20.2 Å². The summed E-state index contributed by atoms with van der Waals surface area (Å²) in [7, 11) is -2.55. The number of benzene rings is 2. The zero-order valence-electron chi connectivity index (χ0n) is 14.6. The number of hydrogen-bond donors (Lipinski definition) is 1. The van der Waals surface area contributed by atoms with Crippen molar-refractivity contribution in [2.24, 2.45) is 0 Å². The molecule has 0 bridgehead atoms. The lowest BCUT2D eigenvalue weighted by molar-refractivity contribution is 0.403. The van der Waals surface area contributed by atoms with Crippen molar-refractivity contribution in [3.8, 4) is 23.2 Å². The van der Waals surface area contributed by atoms with Crippen LogP contribution in [-0.4, -0.2) is 35.7 Å². The second-order valence-electron chi connectivity index (χ2n) is 5.48. The van der Waals surface area contributed by atoms with Crippen LogP contribution in [0, 0.1) is 11.3 Å². The summed E-state index contributed by atoms with van der Waals surface area (Å²) in [6, 6.07) is 12.8. The summed E-state index contributed by atoms with van der Waals surface area (Å²) in [5.74, 6) is 0.644. The molecule has 0 saturated heterocycles. The third kappa shape index (κ3) is 3.73. The molecule has 0 radical (unpaired) electrons. The minimum atomic E-state index is -3.94. The first kappa shape index (κ1) is 18.3. The second kappa shape index (κ2) is 7.43. The Balaban J connectivity index is 2.02. The van der Waals surface area contributed by atoms with Gasteiger partial charge in [-0.2, -0.15) is 5.26 Å². The molecule has 0 saturated carbocycles. The quantitative estimate of drug-likeness (QED) is 0.690. The Kier molecular flexibility index (Phi) is 5.05. The van der Waals surface area contributed by atoms with Crippen LogP contribution < -0.4 is 9.46 Å². The molecule has 10 heteroatoms. The molecule has 0 aliphatic rings. The van der Waals surface area contributed by atoms with Gasteiger partial charge in [0, 0.05) is 17.8 Å². The van der Waals surface area contributed by atoms with E-state index >= 15 is 0 Å². The SMILES string of the molecule is CCn1nnnc1-c1ccc(OC)c(S(=O)(=O)Nc2ccc(C#N)cc2)c1. The van der Waals surface area contributed by atoms with Crippen molar-refractivity contribution in [3.05, 3.63) is 48.0 Å². The molecule has 138 valence electrons. The summed E-state index contributed by atoms with van der Waals surface area (Å²) in [4.78, 5) is -0.0440. The number of hydrogen-bond acceptors (Lipinski definition) is 7. The Bertz CT molecular complexity index is 1100. The zero-order valence-corrected chi connectivity index (χ0v) is 15.4. The van der Waals surface area contributed by atoms with Crippen LogP contribution in [-0.2, 0) is 16.6 Å². The molecule has 2 aromatic carbocycles. The van der Waals surface area contributed by atoms with Gasteiger partial charge < -0.3 is 4.74 Å². The molecule has 3 rings (SSSR count). The van der Waals surface area contributed by atoms with E-state index in [-0.39, 0.29) is 10.6 Å². The van der Waals surface area contributed by atoms with Gasteiger partial charge in [-0.25, -0.2) is 13.1 Å². The highest BCUT2D eigenvalue weighted by molar-refractivity contribution is 7.92. The molecule has 27 heavy (non-hydrogen) atoms. The molecule has 1 heterocycles. The average molecular weight is 384 g/mol. The highest BCUT2D eigenvalue weighted by atomic mass is 32.2. The van der Waals surface area contributed by atoms with E-state index in [9.17, 15) is 8.42 Å². The van der Waals surface area contributed by atoms with Crippen molar-refractivity contribution in [3.63, 3.8) is 0 Å². The summed E-state index contributed by atoms with van der Waals surface area (Å²) in [5.41, 5.74) is 1.31. The molecule has 0 spiro atoms. The Morgan fingerprint density at radius 2 is 1.96 bits per heavy atom. The third-order valence-corrected chi connectivity index (χ3v) is 5.21. The van der Waals surface area contributed by atoms with Gasteiger partial charge in [-0.15, -0.1) is 5.10 Å². The smallest absolute Gasteiger partial charge is 0.265 e. The Hall–Kier alpha value is -3.45. The van der Waals surface area contributed by atoms with E-state index < -0.39 is 10.0 Å². The van der Waals surface area contributed by atoms with Crippen LogP contribution in [0.2, 0.25) is 0 Å². The predicted octanol–water partition coefficient (Wildman–Crippen LogP) is 2.04.